The molecule has 1 heterocycles. The monoisotopic (exact) mass is 295 g/mol. The van der Waals surface area contributed by atoms with Crippen molar-refractivity contribution < 1.29 is 9.59 Å². The summed E-state index contributed by atoms with van der Waals surface area (Å²) in [4.78, 5) is 26.8. The first kappa shape index (κ1) is 14.7. The highest BCUT2D eigenvalue weighted by atomic mass is 35.5. The topological polar surface area (TPSA) is 52.7 Å². The van der Waals surface area contributed by atoms with Crippen LogP contribution in [0.5, 0.6) is 0 Å². The second kappa shape index (κ2) is 5.71. The van der Waals surface area contributed by atoms with Crippen LogP contribution in [0.3, 0.4) is 0 Å². The number of nitrogens with zero attached hydrogens (tertiary/aromatic N) is 2. The van der Waals surface area contributed by atoms with Crippen LogP contribution >= 0.6 is 11.6 Å². The number of likely N-dealkylation sites (N-methyl/N-ethyl adjacent to an activating group) is 2. The number of carbonyl (C=O) groups is 2. The minimum Gasteiger partial charge on any atom is -0.350 e. The van der Waals surface area contributed by atoms with Crippen molar-refractivity contribution in [3.8, 4) is 0 Å². The summed E-state index contributed by atoms with van der Waals surface area (Å²) in [5, 5.41) is 3.55. The molecule has 1 fully saturated rings. The molecule has 6 heteroatoms. The molecule has 1 aliphatic rings. The first-order valence-electron chi connectivity index (χ1n) is 6.41. The van der Waals surface area contributed by atoms with E-state index in [0.29, 0.717) is 18.1 Å². The number of hydrogen-bond donors (Lipinski definition) is 1. The second-order valence-corrected chi connectivity index (χ2v) is 5.44. The van der Waals surface area contributed by atoms with Crippen molar-refractivity contribution in [2.75, 3.05) is 20.6 Å². The fourth-order valence-corrected chi connectivity index (χ4v) is 2.46. The van der Waals surface area contributed by atoms with Crippen molar-refractivity contribution in [2.45, 2.75) is 19.5 Å². The van der Waals surface area contributed by atoms with Gasteiger partial charge >= 0.3 is 6.03 Å². The fraction of sp³-hybridized carbons (Fsp3) is 0.429. The van der Waals surface area contributed by atoms with Gasteiger partial charge in [0.25, 0.3) is 0 Å². The van der Waals surface area contributed by atoms with Gasteiger partial charge in [0, 0.05) is 25.7 Å². The van der Waals surface area contributed by atoms with Gasteiger partial charge in [0.1, 0.15) is 6.04 Å². The standard InChI is InChI=1S/C14H18ClN3O2/c1-9-10(5-4-6-11(9)15)7-16-13(19)12-8-17(2)14(20)18(12)3/h4-6,12H,7-8H2,1-3H3,(H,16,19)/t12-/m0/s1. The molecule has 1 N–H and O–H groups in total. The Balaban J connectivity index is 1.99. The average molecular weight is 296 g/mol. The number of urea groups is 1. The average Bonchev–Trinajstić information content (AvgIpc) is 2.68. The van der Waals surface area contributed by atoms with E-state index in [0.717, 1.165) is 11.1 Å². The zero-order valence-corrected chi connectivity index (χ0v) is 12.6. The highest BCUT2D eigenvalue weighted by Crippen LogP contribution is 2.19. The predicted octanol–water partition coefficient (Wildman–Crippen LogP) is 1.63. The highest BCUT2D eigenvalue weighted by Gasteiger charge is 2.36. The Labute approximate surface area is 123 Å². The van der Waals surface area contributed by atoms with Crippen LogP contribution in [-0.2, 0) is 11.3 Å². The molecule has 1 saturated heterocycles. The Morgan fingerprint density at radius 2 is 2.15 bits per heavy atom. The SMILES string of the molecule is Cc1c(Cl)cccc1CNC(=O)[C@@H]1CN(C)C(=O)N1C. The lowest BCUT2D eigenvalue weighted by Crippen LogP contribution is -2.43. The summed E-state index contributed by atoms with van der Waals surface area (Å²) < 4.78 is 0. The highest BCUT2D eigenvalue weighted by molar-refractivity contribution is 6.31. The van der Waals surface area contributed by atoms with Crippen molar-refractivity contribution in [2.24, 2.45) is 0 Å². The summed E-state index contributed by atoms with van der Waals surface area (Å²) in [6.07, 6.45) is 0. The van der Waals surface area contributed by atoms with Crippen molar-refractivity contribution >= 4 is 23.5 Å². The van der Waals surface area contributed by atoms with Crippen LogP contribution in [0.2, 0.25) is 5.02 Å². The van der Waals surface area contributed by atoms with Gasteiger partial charge in [0.2, 0.25) is 5.91 Å². The minimum absolute atomic E-state index is 0.135. The molecule has 0 radical (unpaired) electrons. The molecule has 1 aromatic carbocycles. The molecule has 5 nitrogen and oxygen atoms in total. The summed E-state index contributed by atoms with van der Waals surface area (Å²) in [6.45, 7) is 2.74. The normalized spacial score (nSPS) is 18.6. The van der Waals surface area contributed by atoms with Gasteiger partial charge in [0.05, 0.1) is 6.54 Å². The van der Waals surface area contributed by atoms with Crippen LogP contribution in [0.15, 0.2) is 18.2 Å². The maximum absolute atomic E-state index is 12.2. The Hall–Kier alpha value is -1.75. The number of halogens is 1. The quantitative estimate of drug-likeness (QED) is 0.921. The number of nitrogens with one attached hydrogen (secondary N) is 1. The first-order valence-corrected chi connectivity index (χ1v) is 6.79. The van der Waals surface area contributed by atoms with Crippen LogP contribution < -0.4 is 5.32 Å². The van der Waals surface area contributed by atoms with Crippen molar-refractivity contribution in [1.29, 1.82) is 0 Å². The molecule has 1 aliphatic heterocycles. The van der Waals surface area contributed by atoms with Crippen LogP contribution in [0, 0.1) is 6.92 Å². The zero-order chi connectivity index (χ0) is 14.9. The van der Waals surface area contributed by atoms with E-state index in [9.17, 15) is 9.59 Å². The largest absolute Gasteiger partial charge is 0.350 e. The first-order chi connectivity index (χ1) is 9.41. The van der Waals surface area contributed by atoms with Crippen LogP contribution in [0.4, 0.5) is 4.79 Å². The third-order valence-electron chi connectivity index (χ3n) is 3.68. The van der Waals surface area contributed by atoms with E-state index in [1.54, 1.807) is 14.1 Å². The van der Waals surface area contributed by atoms with Crippen LogP contribution in [0.25, 0.3) is 0 Å². The maximum atomic E-state index is 12.2. The molecule has 20 heavy (non-hydrogen) atoms. The van der Waals surface area contributed by atoms with E-state index >= 15 is 0 Å². The van der Waals surface area contributed by atoms with Crippen molar-refractivity contribution in [1.82, 2.24) is 15.1 Å². The summed E-state index contributed by atoms with van der Waals surface area (Å²) in [7, 11) is 3.33. The summed E-state index contributed by atoms with van der Waals surface area (Å²) in [5.74, 6) is -0.149. The van der Waals surface area contributed by atoms with E-state index in [4.69, 9.17) is 11.6 Å². The third-order valence-corrected chi connectivity index (χ3v) is 4.09. The van der Waals surface area contributed by atoms with E-state index in [-0.39, 0.29) is 11.9 Å². The molecule has 0 saturated carbocycles. The van der Waals surface area contributed by atoms with Gasteiger partial charge in [-0.05, 0) is 24.1 Å². The molecule has 0 aliphatic carbocycles. The molecule has 0 spiro atoms. The molecule has 1 aromatic rings. The maximum Gasteiger partial charge on any atom is 0.320 e. The minimum atomic E-state index is -0.438. The van der Waals surface area contributed by atoms with Gasteiger partial charge in [-0.2, -0.15) is 0 Å². The Morgan fingerprint density at radius 1 is 1.45 bits per heavy atom. The molecule has 108 valence electrons. The molecule has 0 bridgehead atoms. The third kappa shape index (κ3) is 2.72. The smallest absolute Gasteiger partial charge is 0.320 e. The Kier molecular flexibility index (Phi) is 4.18. The number of carbonyl (C=O) groups excluding carboxylic acids is 2. The summed E-state index contributed by atoms with van der Waals surface area (Å²) in [6, 6.07) is 5.03. The van der Waals surface area contributed by atoms with E-state index in [1.165, 1.54) is 9.80 Å². The number of hydrogen-bond acceptors (Lipinski definition) is 2. The number of rotatable bonds is 3. The van der Waals surface area contributed by atoms with Gasteiger partial charge in [0.15, 0.2) is 0 Å². The Morgan fingerprint density at radius 3 is 2.75 bits per heavy atom. The van der Waals surface area contributed by atoms with Crippen LogP contribution in [0.1, 0.15) is 11.1 Å². The zero-order valence-electron chi connectivity index (χ0n) is 11.8. The molecular formula is C14H18ClN3O2. The summed E-state index contributed by atoms with van der Waals surface area (Å²) in [5.41, 5.74) is 1.94. The van der Waals surface area contributed by atoms with E-state index < -0.39 is 6.04 Å². The number of amides is 3. The molecule has 0 aromatic heterocycles. The van der Waals surface area contributed by atoms with E-state index in [2.05, 4.69) is 5.32 Å². The summed E-state index contributed by atoms with van der Waals surface area (Å²) >= 11 is 6.05. The lowest BCUT2D eigenvalue weighted by molar-refractivity contribution is -0.124. The molecular weight excluding hydrogens is 278 g/mol. The lowest BCUT2D eigenvalue weighted by Gasteiger charge is -2.17. The van der Waals surface area contributed by atoms with Gasteiger partial charge in [-0.25, -0.2) is 4.79 Å². The van der Waals surface area contributed by atoms with Crippen molar-refractivity contribution in [3.63, 3.8) is 0 Å². The predicted molar refractivity (Wildman–Crippen MR) is 77.6 cm³/mol. The molecule has 2 rings (SSSR count). The van der Waals surface area contributed by atoms with E-state index in [1.807, 2.05) is 25.1 Å². The lowest BCUT2D eigenvalue weighted by atomic mass is 10.1. The van der Waals surface area contributed by atoms with Gasteiger partial charge in [-0.15, -0.1) is 0 Å². The van der Waals surface area contributed by atoms with Crippen molar-refractivity contribution in [3.05, 3.63) is 34.3 Å². The Bertz CT molecular complexity index is 547. The number of benzene rings is 1. The molecule has 3 amide bonds. The van der Waals surface area contributed by atoms with Gasteiger partial charge < -0.3 is 15.1 Å². The van der Waals surface area contributed by atoms with Gasteiger partial charge in [-0.3, -0.25) is 4.79 Å². The second-order valence-electron chi connectivity index (χ2n) is 5.03. The molecule has 1 atom stereocenters. The van der Waals surface area contributed by atoms with Gasteiger partial charge in [-0.1, -0.05) is 23.7 Å². The fourth-order valence-electron chi connectivity index (χ4n) is 2.27. The molecule has 0 unspecified atom stereocenters. The van der Waals surface area contributed by atoms with Crippen LogP contribution in [-0.4, -0.2) is 48.4 Å².